The summed E-state index contributed by atoms with van der Waals surface area (Å²) in [6, 6.07) is 28.0. The van der Waals surface area contributed by atoms with Crippen LogP contribution in [0.15, 0.2) is 100 Å². The van der Waals surface area contributed by atoms with Crippen molar-refractivity contribution in [1.29, 1.82) is 0 Å². The average Bonchev–Trinajstić information content (AvgIpc) is 2.85. The van der Waals surface area contributed by atoms with Crippen LogP contribution in [0, 0.1) is 0 Å². The van der Waals surface area contributed by atoms with Gasteiger partial charge in [-0.25, -0.2) is 0 Å². The van der Waals surface area contributed by atoms with Gasteiger partial charge < -0.3 is 14.5 Å². The number of rotatable bonds is 5. The van der Waals surface area contributed by atoms with E-state index in [4.69, 9.17) is 9.15 Å². The van der Waals surface area contributed by atoms with Crippen LogP contribution >= 0.6 is 0 Å². The van der Waals surface area contributed by atoms with Crippen LogP contribution in [0.3, 0.4) is 0 Å². The smallest absolute Gasteiger partial charge is 0.193 e. The first kappa shape index (κ1) is 19.5. The molecule has 0 radical (unpaired) electrons. The van der Waals surface area contributed by atoms with Gasteiger partial charge in [0, 0.05) is 22.9 Å². The van der Waals surface area contributed by atoms with Gasteiger partial charge in [0.15, 0.2) is 11.2 Å². The van der Waals surface area contributed by atoms with E-state index in [0.29, 0.717) is 28.3 Å². The number of ether oxygens (including phenoxy) is 1. The van der Waals surface area contributed by atoms with E-state index in [1.165, 1.54) is 6.07 Å². The Morgan fingerprint density at radius 2 is 1.62 bits per heavy atom. The Morgan fingerprint density at radius 3 is 2.34 bits per heavy atom. The van der Waals surface area contributed by atoms with Crippen molar-refractivity contribution in [2.45, 2.75) is 0 Å². The van der Waals surface area contributed by atoms with Gasteiger partial charge in [0.1, 0.15) is 17.1 Å². The lowest BCUT2D eigenvalue weighted by molar-refractivity contribution is 0.415. The van der Waals surface area contributed by atoms with Crippen molar-refractivity contribution in [1.82, 2.24) is 10.2 Å². The number of methoxy groups -OCH3 is 1. The molecule has 0 spiro atoms. The van der Waals surface area contributed by atoms with Crippen molar-refractivity contribution in [3.8, 4) is 28.3 Å². The third-order valence-electron chi connectivity index (χ3n) is 5.11. The van der Waals surface area contributed by atoms with Crippen molar-refractivity contribution >= 4 is 22.5 Å². The summed E-state index contributed by atoms with van der Waals surface area (Å²) in [5.74, 6) is 1.77. The van der Waals surface area contributed by atoms with Crippen molar-refractivity contribution in [3.05, 3.63) is 101 Å². The molecule has 0 unspecified atom stereocenters. The molecule has 0 aliphatic rings. The summed E-state index contributed by atoms with van der Waals surface area (Å²) in [5.41, 5.74) is 3.89. The number of nitrogens with zero attached hydrogens (tertiary/aromatic N) is 2. The fraction of sp³-hybridized carbons (Fsp3) is 0.0385. The van der Waals surface area contributed by atoms with Crippen LogP contribution in [0.4, 0.5) is 11.5 Å². The highest BCUT2D eigenvalue weighted by molar-refractivity contribution is 5.80. The zero-order valence-electron chi connectivity index (χ0n) is 17.3. The predicted molar refractivity (Wildman–Crippen MR) is 125 cm³/mol. The van der Waals surface area contributed by atoms with E-state index in [2.05, 4.69) is 15.5 Å². The van der Waals surface area contributed by atoms with Crippen LogP contribution < -0.4 is 15.5 Å². The molecular weight excluding hydrogens is 402 g/mol. The van der Waals surface area contributed by atoms with Gasteiger partial charge in [-0.2, -0.15) is 0 Å². The molecule has 0 saturated carbocycles. The molecule has 0 amide bonds. The minimum Gasteiger partial charge on any atom is -0.497 e. The average molecular weight is 421 g/mol. The zero-order valence-corrected chi connectivity index (χ0v) is 17.3. The van der Waals surface area contributed by atoms with Gasteiger partial charge >= 0.3 is 0 Å². The Balaban J connectivity index is 1.36. The standard InChI is InChI=1S/C26H19N3O3/c1-31-20-11-13-24-21(15-20)23(30)16-25(32-24)18-7-9-19(10-8-18)27-26-14-12-22(28-29-26)17-5-3-2-4-6-17/h2-16H,1H3,(H,27,29). The number of aromatic nitrogens is 2. The number of benzene rings is 3. The third kappa shape index (κ3) is 3.94. The maximum Gasteiger partial charge on any atom is 0.193 e. The second-order valence-electron chi connectivity index (χ2n) is 7.21. The maximum atomic E-state index is 12.5. The SMILES string of the molecule is COc1ccc2oc(-c3ccc(Nc4ccc(-c5ccccc5)nn4)cc3)cc(=O)c2c1. The zero-order chi connectivity index (χ0) is 21.9. The topological polar surface area (TPSA) is 77.2 Å². The summed E-state index contributed by atoms with van der Waals surface area (Å²) in [5, 5.41) is 12.3. The molecule has 1 N–H and O–H groups in total. The molecule has 0 atom stereocenters. The molecule has 5 rings (SSSR count). The largest absolute Gasteiger partial charge is 0.497 e. The molecule has 6 nitrogen and oxygen atoms in total. The van der Waals surface area contributed by atoms with Crippen molar-refractivity contribution < 1.29 is 9.15 Å². The van der Waals surface area contributed by atoms with Crippen LogP contribution in [0.1, 0.15) is 0 Å². The van der Waals surface area contributed by atoms with Gasteiger partial charge in [-0.15, -0.1) is 10.2 Å². The third-order valence-corrected chi connectivity index (χ3v) is 5.11. The van der Waals surface area contributed by atoms with E-state index in [1.807, 2.05) is 66.7 Å². The molecule has 6 heteroatoms. The molecular formula is C26H19N3O3. The Bertz CT molecular complexity index is 1430. The number of hydrogen-bond donors (Lipinski definition) is 1. The summed E-state index contributed by atoms with van der Waals surface area (Å²) in [6.07, 6.45) is 0. The summed E-state index contributed by atoms with van der Waals surface area (Å²) < 4.78 is 11.1. The fourth-order valence-electron chi connectivity index (χ4n) is 3.43. The van der Waals surface area contributed by atoms with Gasteiger partial charge in [-0.1, -0.05) is 30.3 Å². The van der Waals surface area contributed by atoms with Gasteiger partial charge in [-0.3, -0.25) is 4.79 Å². The highest BCUT2D eigenvalue weighted by Crippen LogP contribution is 2.26. The molecule has 5 aromatic rings. The minimum atomic E-state index is -0.115. The Hall–Kier alpha value is -4.45. The molecule has 0 aliphatic carbocycles. The lowest BCUT2D eigenvalue weighted by Gasteiger charge is -2.08. The molecule has 2 heterocycles. The number of anilines is 2. The molecule has 0 aliphatic heterocycles. The van der Waals surface area contributed by atoms with Crippen molar-refractivity contribution in [2.75, 3.05) is 12.4 Å². The summed E-state index contributed by atoms with van der Waals surface area (Å²) >= 11 is 0. The number of fused-ring (bicyclic) bond motifs is 1. The maximum absolute atomic E-state index is 12.5. The van der Waals surface area contributed by atoms with E-state index in [1.54, 1.807) is 25.3 Å². The first-order valence-electron chi connectivity index (χ1n) is 10.1. The van der Waals surface area contributed by atoms with Gasteiger partial charge in [0.05, 0.1) is 18.2 Å². The van der Waals surface area contributed by atoms with Crippen molar-refractivity contribution in [3.63, 3.8) is 0 Å². The lowest BCUT2D eigenvalue weighted by atomic mass is 10.1. The number of hydrogen-bond acceptors (Lipinski definition) is 6. The molecule has 32 heavy (non-hydrogen) atoms. The normalized spacial score (nSPS) is 10.8. The Morgan fingerprint density at radius 1 is 0.812 bits per heavy atom. The van der Waals surface area contributed by atoms with Gasteiger partial charge in [0.25, 0.3) is 0 Å². The lowest BCUT2D eigenvalue weighted by Crippen LogP contribution is -2.01. The molecule has 0 bridgehead atoms. The minimum absolute atomic E-state index is 0.115. The Kier molecular flexibility index (Phi) is 5.09. The first-order chi connectivity index (χ1) is 15.7. The second-order valence-corrected chi connectivity index (χ2v) is 7.21. The molecule has 2 aromatic heterocycles. The predicted octanol–water partition coefficient (Wildman–Crippen LogP) is 5.67. The van der Waals surface area contributed by atoms with Gasteiger partial charge in [0.2, 0.25) is 0 Å². The van der Waals surface area contributed by atoms with E-state index in [9.17, 15) is 4.79 Å². The highest BCUT2D eigenvalue weighted by Gasteiger charge is 2.09. The number of nitrogens with one attached hydrogen (secondary N) is 1. The highest BCUT2D eigenvalue weighted by atomic mass is 16.5. The molecule has 0 fully saturated rings. The summed E-state index contributed by atoms with van der Waals surface area (Å²) in [6.45, 7) is 0. The van der Waals surface area contributed by atoms with Crippen LogP contribution in [0.25, 0.3) is 33.6 Å². The Labute approximate surface area is 184 Å². The molecule has 3 aromatic carbocycles. The van der Waals surface area contributed by atoms with Crippen LogP contribution in [-0.4, -0.2) is 17.3 Å². The summed E-state index contributed by atoms with van der Waals surface area (Å²) in [4.78, 5) is 12.5. The van der Waals surface area contributed by atoms with E-state index in [-0.39, 0.29) is 5.43 Å². The van der Waals surface area contributed by atoms with Crippen LogP contribution in [0.5, 0.6) is 5.75 Å². The monoisotopic (exact) mass is 421 g/mol. The van der Waals surface area contributed by atoms with Crippen LogP contribution in [0.2, 0.25) is 0 Å². The van der Waals surface area contributed by atoms with Gasteiger partial charge in [-0.05, 0) is 54.6 Å². The van der Waals surface area contributed by atoms with Crippen molar-refractivity contribution in [2.24, 2.45) is 0 Å². The first-order valence-corrected chi connectivity index (χ1v) is 10.1. The second kappa shape index (κ2) is 8.35. The van der Waals surface area contributed by atoms with E-state index >= 15 is 0 Å². The fourth-order valence-corrected chi connectivity index (χ4v) is 3.43. The van der Waals surface area contributed by atoms with E-state index < -0.39 is 0 Å². The molecule has 156 valence electrons. The quantitative estimate of drug-likeness (QED) is 0.394. The van der Waals surface area contributed by atoms with Crippen LogP contribution in [-0.2, 0) is 0 Å². The van der Waals surface area contributed by atoms with E-state index in [0.717, 1.165) is 22.5 Å². The molecule has 0 saturated heterocycles. The summed E-state index contributed by atoms with van der Waals surface area (Å²) in [7, 11) is 1.57.